The monoisotopic (exact) mass is 382 g/mol. The molecule has 3 atom stereocenters. The molecule has 28 heavy (non-hydrogen) atoms. The van der Waals surface area contributed by atoms with E-state index in [0.29, 0.717) is 24.4 Å². The Hall–Kier alpha value is -2.25. The van der Waals surface area contributed by atoms with Crippen LogP contribution in [0.1, 0.15) is 53.6 Å². The summed E-state index contributed by atoms with van der Waals surface area (Å²) in [7, 11) is 0. The van der Waals surface area contributed by atoms with E-state index in [9.17, 15) is 14.4 Å². The molecule has 3 amide bonds. The van der Waals surface area contributed by atoms with E-state index < -0.39 is 6.04 Å². The third kappa shape index (κ3) is 2.84. The molecule has 0 radical (unpaired) electrons. The zero-order valence-electron chi connectivity index (χ0n) is 15.9. The molecular formula is C21H26N4O3. The number of nitrogens with two attached hydrogens (primary N) is 1. The van der Waals surface area contributed by atoms with Gasteiger partial charge in [0.15, 0.2) is 0 Å². The summed E-state index contributed by atoms with van der Waals surface area (Å²) >= 11 is 0. The molecule has 3 unspecified atom stereocenters. The quantitative estimate of drug-likeness (QED) is 0.753. The number of hydrogen-bond donors (Lipinski definition) is 2. The van der Waals surface area contributed by atoms with Crippen molar-refractivity contribution in [2.45, 2.75) is 56.8 Å². The SMILES string of the molecule is NC12CCCC1CN(Cc1ccc3c(c1)C(=O)N(C1CCC(=O)NC1=O)C3)C2. The highest BCUT2D eigenvalue weighted by atomic mass is 16.2. The fourth-order valence-electron chi connectivity index (χ4n) is 5.52. The van der Waals surface area contributed by atoms with Crippen molar-refractivity contribution < 1.29 is 14.4 Å². The summed E-state index contributed by atoms with van der Waals surface area (Å²) in [6, 6.07) is 5.50. The molecule has 2 saturated heterocycles. The fraction of sp³-hybridized carbons (Fsp3) is 0.571. The minimum Gasteiger partial charge on any atom is -0.324 e. The van der Waals surface area contributed by atoms with Crippen molar-refractivity contribution in [3.8, 4) is 0 Å². The van der Waals surface area contributed by atoms with Gasteiger partial charge >= 0.3 is 0 Å². The lowest BCUT2D eigenvalue weighted by Gasteiger charge is -2.29. The van der Waals surface area contributed by atoms with Gasteiger partial charge in [0.05, 0.1) is 0 Å². The Morgan fingerprint density at radius 1 is 1.21 bits per heavy atom. The van der Waals surface area contributed by atoms with Crippen LogP contribution in [-0.4, -0.2) is 52.2 Å². The Morgan fingerprint density at radius 2 is 2.07 bits per heavy atom. The standard InChI is InChI=1S/C21H26N4O3/c22-21-7-1-2-15(21)11-24(12-21)9-13-3-4-14-10-25(20(28)16(14)8-13)17-5-6-18(26)23-19(17)27/h3-4,8,15,17H,1-2,5-7,9-12,22H2,(H,23,26,27). The number of benzene rings is 1. The summed E-state index contributed by atoms with van der Waals surface area (Å²) in [5.74, 6) is -0.151. The third-order valence-electron chi connectivity index (χ3n) is 7.00. The number of imide groups is 1. The van der Waals surface area contributed by atoms with Crippen LogP contribution >= 0.6 is 0 Å². The van der Waals surface area contributed by atoms with Crippen molar-refractivity contribution in [3.05, 3.63) is 34.9 Å². The number of carbonyl (C=O) groups is 3. The van der Waals surface area contributed by atoms with Crippen LogP contribution < -0.4 is 11.1 Å². The van der Waals surface area contributed by atoms with E-state index in [0.717, 1.165) is 37.2 Å². The van der Waals surface area contributed by atoms with Crippen molar-refractivity contribution in [2.75, 3.05) is 13.1 Å². The molecule has 0 aromatic heterocycles. The predicted molar refractivity (Wildman–Crippen MR) is 102 cm³/mol. The van der Waals surface area contributed by atoms with E-state index in [1.807, 2.05) is 12.1 Å². The fourth-order valence-corrected chi connectivity index (χ4v) is 5.52. The number of amides is 3. The molecule has 1 aliphatic carbocycles. The Balaban J connectivity index is 1.30. The number of piperidine rings is 1. The summed E-state index contributed by atoms with van der Waals surface area (Å²) in [6.07, 6.45) is 4.23. The van der Waals surface area contributed by atoms with Gasteiger partial charge in [-0.25, -0.2) is 0 Å². The molecule has 3 fully saturated rings. The van der Waals surface area contributed by atoms with Crippen LogP contribution in [0.4, 0.5) is 0 Å². The van der Waals surface area contributed by atoms with Crippen molar-refractivity contribution in [3.63, 3.8) is 0 Å². The minimum absolute atomic E-state index is 0.0326. The molecule has 7 nitrogen and oxygen atoms in total. The zero-order valence-corrected chi connectivity index (χ0v) is 15.9. The van der Waals surface area contributed by atoms with Crippen LogP contribution in [0.15, 0.2) is 18.2 Å². The Kier molecular flexibility index (Phi) is 4.07. The third-order valence-corrected chi connectivity index (χ3v) is 7.00. The van der Waals surface area contributed by atoms with E-state index in [-0.39, 0.29) is 29.7 Å². The molecule has 5 rings (SSSR count). The summed E-state index contributed by atoms with van der Waals surface area (Å²) in [4.78, 5) is 40.5. The van der Waals surface area contributed by atoms with Gasteiger partial charge in [0.2, 0.25) is 11.8 Å². The summed E-state index contributed by atoms with van der Waals surface area (Å²) in [5.41, 5.74) is 9.29. The first-order valence-electron chi connectivity index (χ1n) is 10.2. The molecule has 3 heterocycles. The Morgan fingerprint density at radius 3 is 2.86 bits per heavy atom. The number of nitrogens with zero attached hydrogens (tertiary/aromatic N) is 2. The zero-order chi connectivity index (χ0) is 19.5. The van der Waals surface area contributed by atoms with E-state index >= 15 is 0 Å². The van der Waals surface area contributed by atoms with Gasteiger partial charge in [-0.15, -0.1) is 0 Å². The molecule has 1 aromatic rings. The number of hydrogen-bond acceptors (Lipinski definition) is 5. The molecular weight excluding hydrogens is 356 g/mol. The number of rotatable bonds is 3. The maximum Gasteiger partial charge on any atom is 0.255 e. The largest absolute Gasteiger partial charge is 0.324 e. The number of likely N-dealkylation sites (tertiary alicyclic amines) is 1. The van der Waals surface area contributed by atoms with E-state index in [2.05, 4.69) is 16.3 Å². The highest BCUT2D eigenvalue weighted by Crippen LogP contribution is 2.40. The first kappa shape index (κ1) is 17.8. The molecule has 3 N–H and O–H groups in total. The second-order valence-corrected chi connectivity index (χ2v) is 8.88. The molecule has 7 heteroatoms. The summed E-state index contributed by atoms with van der Waals surface area (Å²) in [6.45, 7) is 3.18. The van der Waals surface area contributed by atoms with E-state index in [4.69, 9.17) is 5.73 Å². The molecule has 0 bridgehead atoms. The van der Waals surface area contributed by atoms with Crippen LogP contribution in [0.2, 0.25) is 0 Å². The Bertz CT molecular complexity index is 869. The van der Waals surface area contributed by atoms with Gasteiger partial charge in [-0.1, -0.05) is 18.6 Å². The second kappa shape index (κ2) is 6.39. The maximum atomic E-state index is 13.0. The van der Waals surface area contributed by atoms with E-state index in [1.54, 1.807) is 4.90 Å². The van der Waals surface area contributed by atoms with Crippen molar-refractivity contribution >= 4 is 17.7 Å². The normalized spacial score (nSPS) is 32.6. The molecule has 1 aromatic carbocycles. The van der Waals surface area contributed by atoms with Gasteiger partial charge < -0.3 is 10.6 Å². The van der Waals surface area contributed by atoms with Gasteiger partial charge in [0.25, 0.3) is 5.91 Å². The first-order valence-corrected chi connectivity index (χ1v) is 10.2. The smallest absolute Gasteiger partial charge is 0.255 e. The van der Waals surface area contributed by atoms with Crippen molar-refractivity contribution in [1.29, 1.82) is 0 Å². The lowest BCUT2D eigenvalue weighted by atomic mass is 9.92. The summed E-state index contributed by atoms with van der Waals surface area (Å²) in [5, 5.41) is 2.35. The predicted octanol–water partition coefficient (Wildman–Crippen LogP) is 0.761. The lowest BCUT2D eigenvalue weighted by Crippen LogP contribution is -2.52. The summed E-state index contributed by atoms with van der Waals surface area (Å²) < 4.78 is 0. The highest BCUT2D eigenvalue weighted by molar-refractivity contribution is 6.05. The van der Waals surface area contributed by atoms with Crippen LogP contribution in [-0.2, 0) is 22.7 Å². The van der Waals surface area contributed by atoms with Crippen molar-refractivity contribution in [2.24, 2.45) is 11.7 Å². The minimum atomic E-state index is -0.559. The maximum absolute atomic E-state index is 13.0. The molecule has 148 valence electrons. The van der Waals surface area contributed by atoms with Crippen LogP contribution in [0, 0.1) is 5.92 Å². The van der Waals surface area contributed by atoms with Crippen LogP contribution in [0.3, 0.4) is 0 Å². The Labute approximate surface area is 164 Å². The number of fused-ring (bicyclic) bond motifs is 2. The average molecular weight is 382 g/mol. The topological polar surface area (TPSA) is 95.7 Å². The van der Waals surface area contributed by atoms with Gasteiger partial charge in [0, 0.05) is 43.7 Å². The lowest BCUT2D eigenvalue weighted by molar-refractivity contribution is -0.136. The van der Waals surface area contributed by atoms with Gasteiger partial charge in [0.1, 0.15) is 6.04 Å². The van der Waals surface area contributed by atoms with Gasteiger partial charge in [-0.2, -0.15) is 0 Å². The highest BCUT2D eigenvalue weighted by Gasteiger charge is 2.46. The van der Waals surface area contributed by atoms with Crippen LogP contribution in [0.25, 0.3) is 0 Å². The van der Waals surface area contributed by atoms with Crippen molar-refractivity contribution in [1.82, 2.24) is 15.1 Å². The molecule has 3 aliphatic heterocycles. The molecule has 0 spiro atoms. The van der Waals surface area contributed by atoms with E-state index in [1.165, 1.54) is 12.8 Å². The van der Waals surface area contributed by atoms with Gasteiger partial charge in [-0.3, -0.25) is 24.6 Å². The van der Waals surface area contributed by atoms with Gasteiger partial charge in [-0.05, 0) is 42.4 Å². The second-order valence-electron chi connectivity index (χ2n) is 8.88. The van der Waals surface area contributed by atoms with Crippen LogP contribution in [0.5, 0.6) is 0 Å². The average Bonchev–Trinajstić information content (AvgIpc) is 3.25. The molecule has 4 aliphatic rings. The number of carbonyl (C=O) groups excluding carboxylic acids is 3. The molecule has 1 saturated carbocycles. The first-order chi connectivity index (χ1) is 13.4. The number of nitrogens with one attached hydrogen (secondary N) is 1.